The summed E-state index contributed by atoms with van der Waals surface area (Å²) in [4.78, 5) is 0. The van der Waals surface area contributed by atoms with E-state index in [-0.39, 0.29) is 0 Å². The van der Waals surface area contributed by atoms with E-state index in [4.69, 9.17) is 0 Å². The van der Waals surface area contributed by atoms with E-state index < -0.39 is 0 Å². The SMILES string of the molecule is Brc1ccc2c(c1)Cc1c3c(c4c(c1-2)-c1ccc(Br)cc1C4)-c1ccccc1C3. The van der Waals surface area contributed by atoms with Crippen LogP contribution in [0.4, 0.5) is 0 Å². The van der Waals surface area contributed by atoms with Crippen molar-refractivity contribution in [2.24, 2.45) is 0 Å². The predicted octanol–water partition coefficient (Wildman–Crippen LogP) is 7.93. The molecular weight excluding hydrogens is 484 g/mol. The monoisotopic (exact) mass is 498 g/mol. The minimum absolute atomic E-state index is 1.03. The zero-order valence-corrected chi connectivity index (χ0v) is 18.8. The Hall–Kier alpha value is -2.16. The lowest BCUT2D eigenvalue weighted by Gasteiger charge is -2.17. The van der Waals surface area contributed by atoms with Crippen LogP contribution >= 0.6 is 31.9 Å². The molecule has 0 nitrogen and oxygen atoms in total. The Kier molecular flexibility index (Phi) is 3.27. The van der Waals surface area contributed by atoms with E-state index in [0.717, 1.165) is 19.3 Å². The summed E-state index contributed by atoms with van der Waals surface area (Å²) in [6.07, 6.45) is 3.13. The molecular formula is C27H16Br2. The zero-order chi connectivity index (χ0) is 19.3. The third kappa shape index (κ3) is 2.14. The van der Waals surface area contributed by atoms with Crippen molar-refractivity contribution >= 4 is 31.9 Å². The van der Waals surface area contributed by atoms with Gasteiger partial charge in [-0.3, -0.25) is 0 Å². The van der Waals surface area contributed by atoms with Gasteiger partial charge in [0.25, 0.3) is 0 Å². The molecule has 0 aromatic heterocycles. The first-order chi connectivity index (χ1) is 14.2. The third-order valence-electron chi connectivity index (χ3n) is 6.88. The smallest absolute Gasteiger partial charge is 0.0178 e. The van der Waals surface area contributed by atoms with Gasteiger partial charge in [-0.1, -0.05) is 68.3 Å². The lowest BCUT2D eigenvalue weighted by Crippen LogP contribution is -1.97. The molecule has 3 aliphatic carbocycles. The van der Waals surface area contributed by atoms with Gasteiger partial charge in [-0.05, 0) is 110 Å². The lowest BCUT2D eigenvalue weighted by molar-refractivity contribution is 1.15. The van der Waals surface area contributed by atoms with Crippen LogP contribution in [-0.2, 0) is 19.3 Å². The maximum Gasteiger partial charge on any atom is 0.0178 e. The molecule has 0 heterocycles. The van der Waals surface area contributed by atoms with Crippen molar-refractivity contribution in [1.29, 1.82) is 0 Å². The predicted molar refractivity (Wildman–Crippen MR) is 127 cm³/mol. The number of fused-ring (bicyclic) bond motifs is 12. The first kappa shape index (κ1) is 16.6. The summed E-state index contributed by atoms with van der Waals surface area (Å²) >= 11 is 7.38. The molecule has 0 bridgehead atoms. The zero-order valence-electron chi connectivity index (χ0n) is 15.7. The van der Waals surface area contributed by atoms with Crippen LogP contribution in [0, 0.1) is 0 Å². The maximum absolute atomic E-state index is 3.69. The van der Waals surface area contributed by atoms with Crippen LogP contribution < -0.4 is 0 Å². The average molecular weight is 500 g/mol. The molecule has 29 heavy (non-hydrogen) atoms. The molecule has 3 aliphatic rings. The molecule has 0 aliphatic heterocycles. The molecule has 4 aromatic rings. The molecule has 0 amide bonds. The van der Waals surface area contributed by atoms with Gasteiger partial charge in [0, 0.05) is 8.95 Å². The third-order valence-corrected chi connectivity index (χ3v) is 7.87. The number of hydrogen-bond donors (Lipinski definition) is 0. The molecule has 0 radical (unpaired) electrons. The molecule has 4 aromatic carbocycles. The fourth-order valence-electron chi connectivity index (χ4n) is 5.79. The minimum atomic E-state index is 1.03. The molecule has 0 spiro atoms. The Bertz CT molecular complexity index is 1390. The second-order valence-corrected chi connectivity index (χ2v) is 10.2. The number of hydrogen-bond acceptors (Lipinski definition) is 0. The van der Waals surface area contributed by atoms with Gasteiger partial charge < -0.3 is 0 Å². The summed E-state index contributed by atoms with van der Waals surface area (Å²) in [5.41, 5.74) is 17.8. The van der Waals surface area contributed by atoms with Crippen LogP contribution in [0.1, 0.15) is 33.4 Å². The van der Waals surface area contributed by atoms with Gasteiger partial charge in [0.1, 0.15) is 0 Å². The number of rotatable bonds is 0. The Balaban J connectivity index is 1.63. The Morgan fingerprint density at radius 1 is 0.483 bits per heavy atom. The van der Waals surface area contributed by atoms with Crippen molar-refractivity contribution in [1.82, 2.24) is 0 Å². The van der Waals surface area contributed by atoms with Gasteiger partial charge in [0.15, 0.2) is 0 Å². The van der Waals surface area contributed by atoms with Crippen molar-refractivity contribution in [3.8, 4) is 33.4 Å². The van der Waals surface area contributed by atoms with Crippen LogP contribution in [0.25, 0.3) is 33.4 Å². The molecule has 0 saturated heterocycles. The number of halogens is 2. The van der Waals surface area contributed by atoms with Gasteiger partial charge in [-0.15, -0.1) is 0 Å². The topological polar surface area (TPSA) is 0 Å². The highest BCUT2D eigenvalue weighted by atomic mass is 79.9. The molecule has 138 valence electrons. The van der Waals surface area contributed by atoms with E-state index in [0.29, 0.717) is 0 Å². The summed E-state index contributed by atoms with van der Waals surface area (Å²) < 4.78 is 2.34. The summed E-state index contributed by atoms with van der Waals surface area (Å²) in [7, 11) is 0. The second kappa shape index (κ2) is 5.71. The van der Waals surface area contributed by atoms with Gasteiger partial charge in [-0.2, -0.15) is 0 Å². The molecule has 0 unspecified atom stereocenters. The van der Waals surface area contributed by atoms with E-state index in [9.17, 15) is 0 Å². The minimum Gasteiger partial charge on any atom is -0.0619 e. The van der Waals surface area contributed by atoms with E-state index >= 15 is 0 Å². The van der Waals surface area contributed by atoms with Gasteiger partial charge in [-0.25, -0.2) is 0 Å². The molecule has 0 atom stereocenters. The van der Waals surface area contributed by atoms with E-state index in [1.165, 1.54) is 64.6 Å². The van der Waals surface area contributed by atoms with Crippen LogP contribution in [0.2, 0.25) is 0 Å². The summed E-state index contributed by atoms with van der Waals surface area (Å²) in [6, 6.07) is 22.7. The van der Waals surface area contributed by atoms with Crippen LogP contribution in [-0.4, -0.2) is 0 Å². The average Bonchev–Trinajstić information content (AvgIpc) is 3.37. The molecule has 2 heteroatoms. The van der Waals surface area contributed by atoms with Crippen molar-refractivity contribution in [2.75, 3.05) is 0 Å². The summed E-state index contributed by atoms with van der Waals surface area (Å²) in [6.45, 7) is 0. The highest BCUT2D eigenvalue weighted by Crippen LogP contribution is 2.56. The fraction of sp³-hybridized carbons (Fsp3) is 0.111. The molecule has 0 N–H and O–H groups in total. The maximum atomic E-state index is 3.69. The Morgan fingerprint density at radius 2 is 1.00 bits per heavy atom. The Morgan fingerprint density at radius 3 is 1.72 bits per heavy atom. The highest BCUT2D eigenvalue weighted by molar-refractivity contribution is 9.10. The summed E-state index contributed by atoms with van der Waals surface area (Å²) in [5, 5.41) is 0. The first-order valence-electron chi connectivity index (χ1n) is 10.1. The quantitative estimate of drug-likeness (QED) is 0.199. The van der Waals surface area contributed by atoms with Gasteiger partial charge >= 0.3 is 0 Å². The highest BCUT2D eigenvalue weighted by Gasteiger charge is 2.36. The number of benzene rings is 4. The van der Waals surface area contributed by atoms with Gasteiger partial charge in [0.05, 0.1) is 0 Å². The first-order valence-corrected chi connectivity index (χ1v) is 11.6. The van der Waals surface area contributed by atoms with E-state index in [2.05, 4.69) is 92.5 Å². The van der Waals surface area contributed by atoms with Crippen molar-refractivity contribution in [2.45, 2.75) is 19.3 Å². The van der Waals surface area contributed by atoms with E-state index in [1.54, 1.807) is 11.1 Å². The van der Waals surface area contributed by atoms with Crippen LogP contribution in [0.15, 0.2) is 69.6 Å². The van der Waals surface area contributed by atoms with Crippen molar-refractivity contribution in [3.05, 3.63) is 103 Å². The van der Waals surface area contributed by atoms with Crippen LogP contribution in [0.5, 0.6) is 0 Å². The normalized spacial score (nSPS) is 14.1. The lowest BCUT2D eigenvalue weighted by atomic mass is 9.86. The van der Waals surface area contributed by atoms with Crippen molar-refractivity contribution < 1.29 is 0 Å². The standard InChI is InChI=1S/C27H16Br2/c28-17-5-7-20-15(9-17)12-23-22-11-14-3-1-2-4-19(14)25(22)24-13-16-10-18(29)6-8-21(16)27(24)26(20)23/h1-10H,11-13H2. The second-order valence-electron chi connectivity index (χ2n) is 8.35. The molecule has 0 fully saturated rings. The molecule has 0 saturated carbocycles. The molecule has 7 rings (SSSR count). The summed E-state index contributed by atoms with van der Waals surface area (Å²) in [5.74, 6) is 0. The van der Waals surface area contributed by atoms with Crippen molar-refractivity contribution in [3.63, 3.8) is 0 Å². The Labute approximate surface area is 186 Å². The largest absolute Gasteiger partial charge is 0.0619 e. The van der Waals surface area contributed by atoms with Gasteiger partial charge in [0.2, 0.25) is 0 Å². The van der Waals surface area contributed by atoms with E-state index in [1.807, 2.05) is 0 Å². The fourth-order valence-corrected chi connectivity index (χ4v) is 6.61. The van der Waals surface area contributed by atoms with Crippen LogP contribution in [0.3, 0.4) is 0 Å².